The molecule has 0 aliphatic heterocycles. The molecule has 0 spiro atoms. The average molecular weight is 452 g/mol. The standard InChI is InChI=1S/C23H22ClN5O3/c1-29-13-12-25-23(29)21(16-4-3-5-18(14-16)31-2)26-19(30)10-11-20-27-22(28-32-20)15-6-8-17(24)9-7-15/h3-9,12-14,21H,10-11H2,1-2H3,(H,26,30). The Balaban J connectivity index is 1.45. The minimum atomic E-state index is -0.426. The Hall–Kier alpha value is -3.65. The van der Waals surface area contributed by atoms with Crippen LogP contribution in [0.25, 0.3) is 11.4 Å². The van der Waals surface area contributed by atoms with Crippen LogP contribution < -0.4 is 10.1 Å². The largest absolute Gasteiger partial charge is 0.497 e. The number of hydrogen-bond acceptors (Lipinski definition) is 6. The van der Waals surface area contributed by atoms with E-state index in [0.29, 0.717) is 28.9 Å². The number of nitrogens with one attached hydrogen (secondary N) is 1. The van der Waals surface area contributed by atoms with E-state index in [0.717, 1.165) is 17.0 Å². The highest BCUT2D eigenvalue weighted by atomic mass is 35.5. The number of carbonyl (C=O) groups is 1. The summed E-state index contributed by atoms with van der Waals surface area (Å²) in [6, 6.07) is 14.3. The van der Waals surface area contributed by atoms with Crippen molar-refractivity contribution in [2.24, 2.45) is 7.05 Å². The van der Waals surface area contributed by atoms with E-state index in [9.17, 15) is 4.79 Å². The molecule has 2 aromatic carbocycles. The van der Waals surface area contributed by atoms with Gasteiger partial charge in [-0.2, -0.15) is 4.98 Å². The molecule has 32 heavy (non-hydrogen) atoms. The highest BCUT2D eigenvalue weighted by Crippen LogP contribution is 2.24. The third-order valence-corrected chi connectivity index (χ3v) is 5.24. The van der Waals surface area contributed by atoms with Gasteiger partial charge in [-0.1, -0.05) is 28.9 Å². The van der Waals surface area contributed by atoms with Crippen molar-refractivity contribution in [3.63, 3.8) is 0 Å². The lowest BCUT2D eigenvalue weighted by Crippen LogP contribution is -2.31. The molecular formula is C23H22ClN5O3. The van der Waals surface area contributed by atoms with Crippen molar-refractivity contribution in [2.75, 3.05) is 7.11 Å². The zero-order chi connectivity index (χ0) is 22.5. The molecule has 1 N–H and O–H groups in total. The molecule has 0 fully saturated rings. The van der Waals surface area contributed by atoms with Gasteiger partial charge in [0.05, 0.1) is 7.11 Å². The number of benzene rings is 2. The van der Waals surface area contributed by atoms with Crippen LogP contribution in [-0.2, 0) is 18.3 Å². The first-order chi connectivity index (χ1) is 15.5. The van der Waals surface area contributed by atoms with Crippen LogP contribution in [0.4, 0.5) is 0 Å². The van der Waals surface area contributed by atoms with E-state index in [4.69, 9.17) is 20.9 Å². The van der Waals surface area contributed by atoms with E-state index in [1.807, 2.05) is 54.2 Å². The smallest absolute Gasteiger partial charge is 0.227 e. The molecule has 1 unspecified atom stereocenters. The Labute approximate surface area is 190 Å². The fraction of sp³-hybridized carbons (Fsp3) is 0.217. The van der Waals surface area contributed by atoms with E-state index in [1.54, 1.807) is 25.4 Å². The predicted octanol–water partition coefficient (Wildman–Crippen LogP) is 3.97. The van der Waals surface area contributed by atoms with Gasteiger partial charge in [-0.3, -0.25) is 4.79 Å². The van der Waals surface area contributed by atoms with E-state index >= 15 is 0 Å². The summed E-state index contributed by atoms with van der Waals surface area (Å²) in [6.45, 7) is 0. The van der Waals surface area contributed by atoms with Crippen molar-refractivity contribution in [3.8, 4) is 17.1 Å². The molecule has 4 aromatic rings. The van der Waals surface area contributed by atoms with Gasteiger partial charge in [0.25, 0.3) is 0 Å². The number of rotatable bonds is 8. The van der Waals surface area contributed by atoms with Crippen LogP contribution in [0.5, 0.6) is 5.75 Å². The summed E-state index contributed by atoms with van der Waals surface area (Å²) < 4.78 is 12.5. The van der Waals surface area contributed by atoms with E-state index in [-0.39, 0.29) is 12.3 Å². The molecule has 8 nitrogen and oxygen atoms in total. The number of aryl methyl sites for hydroxylation is 2. The van der Waals surface area contributed by atoms with E-state index in [2.05, 4.69) is 20.4 Å². The second-order valence-electron chi connectivity index (χ2n) is 7.19. The number of halogens is 1. The lowest BCUT2D eigenvalue weighted by Gasteiger charge is -2.19. The zero-order valence-electron chi connectivity index (χ0n) is 17.7. The Morgan fingerprint density at radius 3 is 2.78 bits per heavy atom. The van der Waals surface area contributed by atoms with Gasteiger partial charge in [-0.25, -0.2) is 4.98 Å². The highest BCUT2D eigenvalue weighted by Gasteiger charge is 2.22. The summed E-state index contributed by atoms with van der Waals surface area (Å²) in [4.78, 5) is 21.6. The quantitative estimate of drug-likeness (QED) is 0.435. The second kappa shape index (κ2) is 9.65. The maximum atomic E-state index is 12.8. The predicted molar refractivity (Wildman–Crippen MR) is 119 cm³/mol. The molecule has 0 radical (unpaired) electrons. The molecule has 0 aliphatic carbocycles. The summed E-state index contributed by atoms with van der Waals surface area (Å²) in [6.07, 6.45) is 4.04. The summed E-state index contributed by atoms with van der Waals surface area (Å²) in [7, 11) is 3.49. The van der Waals surface area contributed by atoms with Gasteiger partial charge in [-0.15, -0.1) is 0 Å². The number of aromatic nitrogens is 4. The minimum Gasteiger partial charge on any atom is -0.497 e. The van der Waals surface area contributed by atoms with Crippen LogP contribution in [0.3, 0.4) is 0 Å². The molecule has 164 valence electrons. The molecule has 1 atom stereocenters. The molecule has 0 aliphatic rings. The third kappa shape index (κ3) is 4.97. The third-order valence-electron chi connectivity index (χ3n) is 4.99. The van der Waals surface area contributed by atoms with E-state index < -0.39 is 6.04 Å². The van der Waals surface area contributed by atoms with Crippen molar-refractivity contribution in [2.45, 2.75) is 18.9 Å². The SMILES string of the molecule is COc1cccc(C(NC(=O)CCc2nc(-c3ccc(Cl)cc3)no2)c2nccn2C)c1. The van der Waals surface area contributed by atoms with Crippen molar-refractivity contribution in [1.82, 2.24) is 25.0 Å². The monoisotopic (exact) mass is 451 g/mol. The van der Waals surface area contributed by atoms with Crippen molar-refractivity contribution >= 4 is 17.5 Å². The van der Waals surface area contributed by atoms with Crippen molar-refractivity contribution in [1.29, 1.82) is 0 Å². The van der Waals surface area contributed by atoms with Crippen LogP contribution in [0.2, 0.25) is 5.02 Å². The molecular weight excluding hydrogens is 430 g/mol. The zero-order valence-corrected chi connectivity index (χ0v) is 18.4. The van der Waals surface area contributed by atoms with Crippen LogP contribution >= 0.6 is 11.6 Å². The second-order valence-corrected chi connectivity index (χ2v) is 7.63. The number of imidazole rings is 1. The van der Waals surface area contributed by atoms with Gasteiger partial charge < -0.3 is 19.1 Å². The summed E-state index contributed by atoms with van der Waals surface area (Å²) in [5.74, 6) is 2.11. The summed E-state index contributed by atoms with van der Waals surface area (Å²) in [5.41, 5.74) is 1.66. The summed E-state index contributed by atoms with van der Waals surface area (Å²) >= 11 is 5.92. The van der Waals surface area contributed by atoms with Gasteiger partial charge in [0.2, 0.25) is 17.6 Å². The fourth-order valence-electron chi connectivity index (χ4n) is 3.30. The topological polar surface area (TPSA) is 95.1 Å². The highest BCUT2D eigenvalue weighted by molar-refractivity contribution is 6.30. The maximum Gasteiger partial charge on any atom is 0.227 e. The molecule has 0 saturated heterocycles. The summed E-state index contributed by atoms with van der Waals surface area (Å²) in [5, 5.41) is 7.68. The Morgan fingerprint density at radius 1 is 1.25 bits per heavy atom. The van der Waals surface area contributed by atoms with Crippen LogP contribution in [0, 0.1) is 0 Å². The Kier molecular flexibility index (Phi) is 6.51. The van der Waals surface area contributed by atoms with Crippen molar-refractivity contribution < 1.29 is 14.1 Å². The van der Waals surface area contributed by atoms with Crippen LogP contribution in [0.15, 0.2) is 65.4 Å². The molecule has 2 heterocycles. The number of methoxy groups -OCH3 is 1. The number of nitrogens with zero attached hydrogens (tertiary/aromatic N) is 4. The number of hydrogen-bond donors (Lipinski definition) is 1. The lowest BCUT2D eigenvalue weighted by atomic mass is 10.1. The number of ether oxygens (including phenoxy) is 1. The average Bonchev–Trinajstić information content (AvgIpc) is 3.46. The van der Waals surface area contributed by atoms with E-state index in [1.165, 1.54) is 0 Å². The number of amides is 1. The van der Waals surface area contributed by atoms with Gasteiger partial charge in [0.1, 0.15) is 17.6 Å². The minimum absolute atomic E-state index is 0.160. The first-order valence-electron chi connectivity index (χ1n) is 10.0. The first-order valence-corrected chi connectivity index (χ1v) is 10.4. The molecule has 0 saturated carbocycles. The number of carbonyl (C=O) groups excluding carboxylic acids is 1. The lowest BCUT2D eigenvalue weighted by molar-refractivity contribution is -0.121. The molecule has 4 rings (SSSR count). The van der Waals surface area contributed by atoms with Gasteiger partial charge in [-0.05, 0) is 42.0 Å². The normalized spacial score (nSPS) is 11.8. The van der Waals surface area contributed by atoms with Gasteiger partial charge in [0.15, 0.2) is 0 Å². The maximum absolute atomic E-state index is 12.8. The van der Waals surface area contributed by atoms with Crippen LogP contribution in [-0.4, -0.2) is 32.7 Å². The fourth-order valence-corrected chi connectivity index (χ4v) is 3.43. The molecule has 9 heteroatoms. The first kappa shape index (κ1) is 21.6. The van der Waals surface area contributed by atoms with Crippen molar-refractivity contribution in [3.05, 3.63) is 83.2 Å². The molecule has 2 aromatic heterocycles. The molecule has 0 bridgehead atoms. The van der Waals surface area contributed by atoms with Gasteiger partial charge >= 0.3 is 0 Å². The molecule has 1 amide bonds. The van der Waals surface area contributed by atoms with Crippen LogP contribution in [0.1, 0.15) is 29.7 Å². The van der Waals surface area contributed by atoms with Gasteiger partial charge in [0, 0.05) is 42.9 Å². The Morgan fingerprint density at radius 2 is 2.06 bits per heavy atom. The Bertz CT molecular complexity index is 1200.